The Morgan fingerprint density at radius 2 is 2.37 bits per heavy atom. The number of methoxy groups -OCH3 is 1. The molecule has 1 aromatic carbocycles. The molecule has 2 aromatic rings. The molecule has 0 spiro atoms. The molecule has 2 unspecified atom stereocenters. The van der Waals surface area contributed by atoms with Gasteiger partial charge in [0.2, 0.25) is 0 Å². The van der Waals surface area contributed by atoms with Crippen LogP contribution in [0.25, 0.3) is 0 Å². The molecule has 0 bridgehead atoms. The van der Waals surface area contributed by atoms with E-state index in [2.05, 4.69) is 34.3 Å². The molecular weight excluding hydrogens is 238 g/mol. The van der Waals surface area contributed by atoms with Crippen molar-refractivity contribution in [2.24, 2.45) is 0 Å². The highest BCUT2D eigenvalue weighted by Crippen LogP contribution is 2.34. The molecule has 0 radical (unpaired) electrons. The molecule has 0 saturated heterocycles. The fourth-order valence-corrected chi connectivity index (χ4v) is 2.78. The summed E-state index contributed by atoms with van der Waals surface area (Å²) in [6, 6.07) is 6.96. The topological polar surface area (TPSA) is 49.9 Å². The molecule has 1 heterocycles. The van der Waals surface area contributed by atoms with Crippen LogP contribution in [-0.2, 0) is 6.42 Å². The standard InChI is InChI=1S/C15H19N3O/c1-10(15-16-7-8-17-15)18-14-6-4-11-3-5-12(19-2)9-13(11)14/h3,5,7-10,14,18H,4,6H2,1-2H3,(H,16,17). The lowest BCUT2D eigenvalue weighted by atomic mass is 10.1. The highest BCUT2D eigenvalue weighted by molar-refractivity contribution is 5.40. The van der Waals surface area contributed by atoms with E-state index in [4.69, 9.17) is 4.74 Å². The first kappa shape index (κ1) is 12.2. The molecule has 100 valence electrons. The third kappa shape index (κ3) is 2.36. The van der Waals surface area contributed by atoms with Gasteiger partial charge in [0.25, 0.3) is 0 Å². The number of aromatic nitrogens is 2. The second-order valence-corrected chi connectivity index (χ2v) is 5.02. The lowest BCUT2D eigenvalue weighted by molar-refractivity contribution is 0.411. The van der Waals surface area contributed by atoms with E-state index in [1.807, 2.05) is 12.3 Å². The van der Waals surface area contributed by atoms with Crippen LogP contribution in [-0.4, -0.2) is 17.1 Å². The lowest BCUT2D eigenvalue weighted by Gasteiger charge is -2.19. The zero-order valence-corrected chi connectivity index (χ0v) is 11.3. The van der Waals surface area contributed by atoms with Gasteiger partial charge in [0.1, 0.15) is 11.6 Å². The minimum Gasteiger partial charge on any atom is -0.497 e. The van der Waals surface area contributed by atoms with Gasteiger partial charge in [-0.2, -0.15) is 0 Å². The number of rotatable bonds is 4. The number of hydrogen-bond donors (Lipinski definition) is 2. The Balaban J connectivity index is 1.78. The Morgan fingerprint density at radius 3 is 3.11 bits per heavy atom. The Kier molecular flexibility index (Phi) is 3.25. The van der Waals surface area contributed by atoms with Gasteiger partial charge in [0.15, 0.2) is 0 Å². The lowest BCUT2D eigenvalue weighted by Crippen LogP contribution is -2.23. The second-order valence-electron chi connectivity index (χ2n) is 5.02. The maximum Gasteiger partial charge on any atom is 0.122 e. The second kappa shape index (κ2) is 5.05. The number of hydrogen-bond acceptors (Lipinski definition) is 3. The molecule has 2 N–H and O–H groups in total. The summed E-state index contributed by atoms with van der Waals surface area (Å²) < 4.78 is 5.32. The number of benzene rings is 1. The molecule has 19 heavy (non-hydrogen) atoms. The summed E-state index contributed by atoms with van der Waals surface area (Å²) in [7, 11) is 1.71. The Hall–Kier alpha value is -1.81. The van der Waals surface area contributed by atoms with E-state index in [1.54, 1.807) is 13.3 Å². The van der Waals surface area contributed by atoms with Crippen molar-refractivity contribution in [1.82, 2.24) is 15.3 Å². The predicted molar refractivity (Wildman–Crippen MR) is 74.2 cm³/mol. The van der Waals surface area contributed by atoms with Crippen LogP contribution >= 0.6 is 0 Å². The fraction of sp³-hybridized carbons (Fsp3) is 0.400. The molecule has 1 aliphatic rings. The minimum atomic E-state index is 0.220. The van der Waals surface area contributed by atoms with Gasteiger partial charge in [-0.05, 0) is 43.0 Å². The molecule has 4 nitrogen and oxygen atoms in total. The van der Waals surface area contributed by atoms with E-state index in [0.29, 0.717) is 6.04 Å². The van der Waals surface area contributed by atoms with E-state index in [1.165, 1.54) is 11.1 Å². The number of aromatic amines is 1. The first-order valence-electron chi connectivity index (χ1n) is 6.70. The molecule has 1 aliphatic carbocycles. The van der Waals surface area contributed by atoms with Gasteiger partial charge < -0.3 is 15.0 Å². The number of ether oxygens (including phenoxy) is 1. The summed E-state index contributed by atoms with van der Waals surface area (Å²) in [5.74, 6) is 1.91. The zero-order valence-electron chi connectivity index (χ0n) is 11.3. The summed E-state index contributed by atoms with van der Waals surface area (Å²) in [5, 5.41) is 3.64. The molecule has 3 rings (SSSR count). The van der Waals surface area contributed by atoms with Gasteiger partial charge >= 0.3 is 0 Å². The van der Waals surface area contributed by atoms with Crippen molar-refractivity contribution in [1.29, 1.82) is 0 Å². The number of imidazole rings is 1. The zero-order chi connectivity index (χ0) is 13.2. The third-order valence-corrected chi connectivity index (χ3v) is 3.81. The normalized spacial score (nSPS) is 19.2. The highest BCUT2D eigenvalue weighted by atomic mass is 16.5. The van der Waals surface area contributed by atoms with Crippen molar-refractivity contribution in [2.75, 3.05) is 7.11 Å². The van der Waals surface area contributed by atoms with Crippen molar-refractivity contribution in [3.05, 3.63) is 47.5 Å². The molecule has 0 amide bonds. The summed E-state index contributed by atoms with van der Waals surface area (Å²) in [5.41, 5.74) is 2.78. The van der Waals surface area contributed by atoms with Crippen LogP contribution in [0.5, 0.6) is 5.75 Å². The van der Waals surface area contributed by atoms with Crippen molar-refractivity contribution >= 4 is 0 Å². The van der Waals surface area contributed by atoms with E-state index in [9.17, 15) is 0 Å². The van der Waals surface area contributed by atoms with Crippen LogP contribution in [0.1, 0.15) is 42.4 Å². The number of nitrogens with one attached hydrogen (secondary N) is 2. The van der Waals surface area contributed by atoms with Gasteiger partial charge in [-0.15, -0.1) is 0 Å². The van der Waals surface area contributed by atoms with Gasteiger partial charge in [0, 0.05) is 18.4 Å². The maximum absolute atomic E-state index is 5.32. The van der Waals surface area contributed by atoms with E-state index >= 15 is 0 Å². The largest absolute Gasteiger partial charge is 0.497 e. The number of fused-ring (bicyclic) bond motifs is 1. The van der Waals surface area contributed by atoms with Crippen LogP contribution in [0.4, 0.5) is 0 Å². The summed E-state index contributed by atoms with van der Waals surface area (Å²) >= 11 is 0. The highest BCUT2D eigenvalue weighted by Gasteiger charge is 2.24. The van der Waals surface area contributed by atoms with E-state index in [-0.39, 0.29) is 6.04 Å². The summed E-state index contributed by atoms with van der Waals surface area (Å²) in [4.78, 5) is 7.46. The van der Waals surface area contributed by atoms with E-state index in [0.717, 1.165) is 24.4 Å². The van der Waals surface area contributed by atoms with Gasteiger partial charge in [-0.3, -0.25) is 0 Å². The predicted octanol–water partition coefficient (Wildman–Crippen LogP) is 2.76. The van der Waals surface area contributed by atoms with Gasteiger partial charge in [0.05, 0.1) is 13.2 Å². The van der Waals surface area contributed by atoms with Crippen LogP contribution in [0.2, 0.25) is 0 Å². The molecule has 0 aliphatic heterocycles. The molecule has 0 saturated carbocycles. The average Bonchev–Trinajstić information content (AvgIpc) is 3.08. The average molecular weight is 257 g/mol. The Morgan fingerprint density at radius 1 is 1.47 bits per heavy atom. The van der Waals surface area contributed by atoms with Crippen LogP contribution in [0.3, 0.4) is 0 Å². The number of H-pyrrole nitrogens is 1. The maximum atomic E-state index is 5.32. The molecule has 1 aromatic heterocycles. The molecular formula is C15H19N3O. The van der Waals surface area contributed by atoms with Crippen LogP contribution in [0.15, 0.2) is 30.6 Å². The van der Waals surface area contributed by atoms with Crippen LogP contribution < -0.4 is 10.1 Å². The smallest absolute Gasteiger partial charge is 0.122 e. The van der Waals surface area contributed by atoms with E-state index < -0.39 is 0 Å². The van der Waals surface area contributed by atoms with Crippen LogP contribution in [0, 0.1) is 0 Å². The number of nitrogens with zero attached hydrogens (tertiary/aromatic N) is 1. The SMILES string of the molecule is COc1ccc2c(c1)C(NC(C)c1ncc[nH]1)CC2. The molecule has 4 heteroatoms. The van der Waals surface area contributed by atoms with Crippen molar-refractivity contribution in [3.63, 3.8) is 0 Å². The first-order chi connectivity index (χ1) is 9.28. The first-order valence-corrected chi connectivity index (χ1v) is 6.70. The fourth-order valence-electron chi connectivity index (χ4n) is 2.78. The molecule has 0 fully saturated rings. The van der Waals surface area contributed by atoms with Crippen molar-refractivity contribution < 1.29 is 4.74 Å². The summed E-state index contributed by atoms with van der Waals surface area (Å²) in [6.45, 7) is 2.14. The van der Waals surface area contributed by atoms with Crippen molar-refractivity contribution in [3.8, 4) is 5.75 Å². The Labute approximate surface area is 113 Å². The third-order valence-electron chi connectivity index (χ3n) is 3.81. The van der Waals surface area contributed by atoms with Gasteiger partial charge in [-0.25, -0.2) is 4.98 Å². The minimum absolute atomic E-state index is 0.220. The molecule has 2 atom stereocenters. The summed E-state index contributed by atoms with van der Waals surface area (Å²) in [6.07, 6.45) is 5.91. The van der Waals surface area contributed by atoms with Crippen molar-refractivity contribution in [2.45, 2.75) is 31.8 Å². The monoisotopic (exact) mass is 257 g/mol. The quantitative estimate of drug-likeness (QED) is 0.885. The number of aryl methyl sites for hydroxylation is 1. The van der Waals surface area contributed by atoms with Gasteiger partial charge in [-0.1, -0.05) is 6.07 Å². The Bertz CT molecular complexity index is 551.